The number of hydrogen-bond acceptors (Lipinski definition) is 7. The van der Waals surface area contributed by atoms with Crippen LogP contribution in [-0.4, -0.2) is 37.6 Å². The minimum Gasteiger partial charge on any atom is -0.493 e. The number of carbonyl (C=O) groups is 1. The highest BCUT2D eigenvalue weighted by molar-refractivity contribution is 7.07. The maximum atomic E-state index is 11.8. The molecule has 2 aromatic rings. The molecule has 2 rings (SSSR count). The van der Waals surface area contributed by atoms with Crippen molar-refractivity contribution in [3.05, 3.63) is 39.6 Å². The molecule has 0 aliphatic heterocycles. The van der Waals surface area contributed by atoms with Gasteiger partial charge in [0.05, 0.1) is 27.0 Å². The van der Waals surface area contributed by atoms with Gasteiger partial charge in [-0.3, -0.25) is 0 Å². The summed E-state index contributed by atoms with van der Waals surface area (Å²) in [6.45, 7) is 2.10. The summed E-state index contributed by atoms with van der Waals surface area (Å²) in [6, 6.07) is 5.44. The van der Waals surface area contributed by atoms with Crippen LogP contribution < -0.4 is 14.3 Å². The molecule has 0 aliphatic carbocycles. The van der Waals surface area contributed by atoms with Gasteiger partial charge in [0.2, 0.25) is 4.80 Å². The molecule has 128 valence electrons. The molecular weight excluding hydrogens is 330 g/mol. The predicted molar refractivity (Wildman–Crippen MR) is 91.9 cm³/mol. The number of benzene rings is 1. The zero-order valence-corrected chi connectivity index (χ0v) is 14.8. The van der Waals surface area contributed by atoms with E-state index >= 15 is 0 Å². The first-order chi connectivity index (χ1) is 11.6. The smallest absolute Gasteiger partial charge is 0.355 e. The molecule has 1 heterocycles. The summed E-state index contributed by atoms with van der Waals surface area (Å²) in [5.41, 5.74) is 1.27. The van der Waals surface area contributed by atoms with E-state index in [1.807, 2.05) is 6.07 Å². The van der Waals surface area contributed by atoms with Crippen molar-refractivity contribution >= 4 is 23.5 Å². The van der Waals surface area contributed by atoms with E-state index in [1.165, 1.54) is 11.3 Å². The van der Waals surface area contributed by atoms with Gasteiger partial charge in [0, 0.05) is 12.4 Å². The predicted octanol–water partition coefficient (Wildman–Crippen LogP) is 2.22. The van der Waals surface area contributed by atoms with E-state index in [1.54, 1.807) is 56.5 Å². The number of ether oxygens (including phenoxy) is 3. The molecule has 0 spiro atoms. The van der Waals surface area contributed by atoms with E-state index in [9.17, 15) is 4.79 Å². The van der Waals surface area contributed by atoms with Crippen molar-refractivity contribution < 1.29 is 19.0 Å². The molecule has 0 amide bonds. The van der Waals surface area contributed by atoms with Crippen molar-refractivity contribution in [2.75, 3.05) is 20.8 Å². The number of esters is 1. The van der Waals surface area contributed by atoms with Crippen molar-refractivity contribution in [3.8, 4) is 11.5 Å². The molecule has 0 N–H and O–H groups in total. The van der Waals surface area contributed by atoms with E-state index < -0.39 is 0 Å². The average molecular weight is 349 g/mol. The minimum absolute atomic E-state index is 0.332. The van der Waals surface area contributed by atoms with Crippen LogP contribution in [0.2, 0.25) is 0 Å². The van der Waals surface area contributed by atoms with Gasteiger partial charge in [0.1, 0.15) is 5.69 Å². The molecule has 1 aromatic heterocycles. The SMILES string of the molecule is CCOC(=O)c1cs/c(=N\N=C\c2ccc(OC)c(OC)c2)n1C. The van der Waals surface area contributed by atoms with Crippen molar-refractivity contribution in [3.63, 3.8) is 0 Å². The molecule has 0 radical (unpaired) electrons. The van der Waals surface area contributed by atoms with Crippen molar-refractivity contribution in [1.82, 2.24) is 4.57 Å². The molecule has 0 saturated heterocycles. The van der Waals surface area contributed by atoms with Gasteiger partial charge in [0.25, 0.3) is 0 Å². The standard InChI is InChI=1S/C16H19N3O4S/c1-5-23-15(20)12-10-24-16(19(12)2)18-17-9-11-6-7-13(21-3)14(8-11)22-4/h6-10H,5H2,1-4H3/b17-9+,18-16-. The van der Waals surface area contributed by atoms with Crippen LogP contribution in [0.5, 0.6) is 11.5 Å². The zero-order chi connectivity index (χ0) is 17.5. The lowest BCUT2D eigenvalue weighted by Gasteiger charge is -2.07. The molecule has 1 aromatic carbocycles. The summed E-state index contributed by atoms with van der Waals surface area (Å²) >= 11 is 1.32. The first kappa shape index (κ1) is 17.7. The Balaban J connectivity index is 2.22. The number of rotatable bonds is 6. The number of thiazole rings is 1. The lowest BCUT2D eigenvalue weighted by Crippen LogP contribution is -2.17. The Morgan fingerprint density at radius 1 is 1.29 bits per heavy atom. The van der Waals surface area contributed by atoms with Crippen LogP contribution in [0.4, 0.5) is 0 Å². The normalized spacial score (nSPS) is 11.8. The van der Waals surface area contributed by atoms with Gasteiger partial charge in [-0.1, -0.05) is 0 Å². The first-order valence-electron chi connectivity index (χ1n) is 7.21. The van der Waals surface area contributed by atoms with Crippen molar-refractivity contribution in [2.24, 2.45) is 17.3 Å². The molecule has 0 aliphatic rings. The first-order valence-corrected chi connectivity index (χ1v) is 8.09. The number of methoxy groups -OCH3 is 2. The van der Waals surface area contributed by atoms with E-state index in [2.05, 4.69) is 10.2 Å². The van der Waals surface area contributed by atoms with Crippen molar-refractivity contribution in [1.29, 1.82) is 0 Å². The molecule has 0 fully saturated rings. The third-order valence-electron chi connectivity index (χ3n) is 3.17. The summed E-state index contributed by atoms with van der Waals surface area (Å²) in [5.74, 6) is 0.893. The average Bonchev–Trinajstić information content (AvgIpc) is 2.96. The van der Waals surface area contributed by atoms with Crippen LogP contribution in [0, 0.1) is 0 Å². The fourth-order valence-electron chi connectivity index (χ4n) is 1.93. The Morgan fingerprint density at radius 2 is 2.04 bits per heavy atom. The molecule has 0 bridgehead atoms. The maximum absolute atomic E-state index is 11.8. The van der Waals surface area contributed by atoms with E-state index in [-0.39, 0.29) is 5.97 Å². The maximum Gasteiger partial charge on any atom is 0.355 e. The third kappa shape index (κ3) is 4.02. The molecule has 7 nitrogen and oxygen atoms in total. The Morgan fingerprint density at radius 3 is 2.71 bits per heavy atom. The largest absolute Gasteiger partial charge is 0.493 e. The van der Waals surface area contributed by atoms with Crippen LogP contribution in [-0.2, 0) is 11.8 Å². The van der Waals surface area contributed by atoms with Gasteiger partial charge in [-0.2, -0.15) is 5.10 Å². The lowest BCUT2D eigenvalue weighted by atomic mass is 10.2. The Kier molecular flexibility index (Phi) is 6.14. The molecule has 0 atom stereocenters. The second-order valence-electron chi connectivity index (χ2n) is 4.64. The van der Waals surface area contributed by atoms with Crippen LogP contribution in [0.3, 0.4) is 0 Å². The van der Waals surface area contributed by atoms with E-state index in [0.717, 1.165) is 5.56 Å². The summed E-state index contributed by atoms with van der Waals surface area (Å²) in [6.07, 6.45) is 1.60. The van der Waals surface area contributed by atoms with Gasteiger partial charge in [-0.05, 0) is 30.7 Å². The topological polar surface area (TPSA) is 74.4 Å². The van der Waals surface area contributed by atoms with Gasteiger partial charge < -0.3 is 18.8 Å². The number of nitrogens with zero attached hydrogens (tertiary/aromatic N) is 3. The zero-order valence-electron chi connectivity index (χ0n) is 14.0. The fraction of sp³-hybridized carbons (Fsp3) is 0.312. The van der Waals surface area contributed by atoms with Crippen LogP contribution >= 0.6 is 11.3 Å². The Labute approximate surface area is 143 Å². The van der Waals surface area contributed by atoms with E-state index in [4.69, 9.17) is 14.2 Å². The van der Waals surface area contributed by atoms with Gasteiger partial charge in [-0.25, -0.2) is 4.79 Å². The molecular formula is C16H19N3O4S. The number of hydrogen-bond donors (Lipinski definition) is 0. The highest BCUT2D eigenvalue weighted by Crippen LogP contribution is 2.26. The van der Waals surface area contributed by atoms with Crippen molar-refractivity contribution in [2.45, 2.75) is 6.92 Å². The molecule has 24 heavy (non-hydrogen) atoms. The molecule has 8 heteroatoms. The highest BCUT2D eigenvalue weighted by atomic mass is 32.1. The number of aromatic nitrogens is 1. The summed E-state index contributed by atoms with van der Waals surface area (Å²) < 4.78 is 17.1. The van der Waals surface area contributed by atoms with Gasteiger partial charge in [-0.15, -0.1) is 16.4 Å². The summed E-state index contributed by atoms with van der Waals surface area (Å²) in [5, 5.41) is 9.89. The van der Waals surface area contributed by atoms with Gasteiger partial charge in [0.15, 0.2) is 11.5 Å². The van der Waals surface area contributed by atoms with E-state index in [0.29, 0.717) is 28.6 Å². The van der Waals surface area contributed by atoms with Crippen LogP contribution in [0.15, 0.2) is 33.8 Å². The highest BCUT2D eigenvalue weighted by Gasteiger charge is 2.11. The molecule has 0 saturated carbocycles. The summed E-state index contributed by atoms with van der Waals surface area (Å²) in [4.78, 5) is 12.4. The second kappa shape index (κ2) is 8.30. The fourth-order valence-corrected chi connectivity index (χ4v) is 2.75. The lowest BCUT2D eigenvalue weighted by molar-refractivity contribution is 0.0515. The summed E-state index contributed by atoms with van der Waals surface area (Å²) in [7, 11) is 4.90. The number of carbonyl (C=O) groups excluding carboxylic acids is 1. The van der Waals surface area contributed by atoms with Crippen LogP contribution in [0.1, 0.15) is 23.0 Å². The van der Waals surface area contributed by atoms with Crippen LogP contribution in [0.25, 0.3) is 0 Å². The molecule has 0 unspecified atom stereocenters. The quantitative estimate of drug-likeness (QED) is 0.455. The Hall–Kier alpha value is -2.61. The van der Waals surface area contributed by atoms with Gasteiger partial charge >= 0.3 is 5.97 Å². The third-order valence-corrected chi connectivity index (χ3v) is 4.07. The monoisotopic (exact) mass is 349 g/mol. The Bertz CT molecular complexity index is 808. The minimum atomic E-state index is -0.374. The second-order valence-corrected chi connectivity index (χ2v) is 5.48.